The minimum atomic E-state index is 0.418. The normalized spacial score (nSPS) is 20.8. The fourth-order valence-electron chi connectivity index (χ4n) is 2.88. The average Bonchev–Trinajstić information content (AvgIpc) is 3.28. The van der Waals surface area contributed by atoms with Crippen molar-refractivity contribution in [2.24, 2.45) is 17.6 Å². The van der Waals surface area contributed by atoms with Crippen molar-refractivity contribution in [2.45, 2.75) is 38.6 Å². The van der Waals surface area contributed by atoms with E-state index in [2.05, 4.69) is 36.1 Å². The molecule has 1 aromatic carbocycles. The number of aryl methyl sites for hydroxylation is 1. The minimum absolute atomic E-state index is 0.418. The molecule has 3 rings (SSSR count). The smallest absolute Gasteiger partial charge is 0.0470 e. The van der Waals surface area contributed by atoms with Crippen molar-refractivity contribution in [3.63, 3.8) is 0 Å². The Balaban J connectivity index is 1.73. The number of nitrogens with two attached hydrogens (primary N) is 1. The van der Waals surface area contributed by atoms with Gasteiger partial charge in [0.2, 0.25) is 0 Å². The quantitative estimate of drug-likeness (QED) is 0.814. The Hall–Kier alpha value is -0.860. The monoisotopic (exact) mass is 258 g/mol. The van der Waals surface area contributed by atoms with Gasteiger partial charge in [0.25, 0.3) is 0 Å². The highest BCUT2D eigenvalue weighted by Gasteiger charge is 2.32. The van der Waals surface area contributed by atoms with E-state index in [1.54, 1.807) is 0 Å². The van der Waals surface area contributed by atoms with Crippen LogP contribution in [0.15, 0.2) is 24.3 Å². The molecule has 2 aliphatic carbocycles. The van der Waals surface area contributed by atoms with E-state index in [-0.39, 0.29) is 0 Å². The Morgan fingerprint density at radius 2 is 1.58 bits per heavy atom. The van der Waals surface area contributed by atoms with E-state index >= 15 is 0 Å². The summed E-state index contributed by atoms with van der Waals surface area (Å²) in [5.41, 5.74) is 8.82. The predicted molar refractivity (Wildman–Crippen MR) is 80.0 cm³/mol. The molecule has 0 amide bonds. The summed E-state index contributed by atoms with van der Waals surface area (Å²) >= 11 is 0. The molecule has 2 nitrogen and oxygen atoms in total. The summed E-state index contributed by atoms with van der Waals surface area (Å²) in [5, 5.41) is 0. The standard InChI is InChI=1S/C17H26N2/c1-13-2-8-16(9-3-13)17(10-18)19(11-14-4-5-14)12-15-6-7-15/h2-3,8-9,14-15,17H,4-7,10-12,18H2,1H3. The molecule has 0 spiro atoms. The molecule has 0 aliphatic heterocycles. The molecule has 0 bridgehead atoms. The third-order valence-corrected chi connectivity index (χ3v) is 4.51. The lowest BCUT2D eigenvalue weighted by Gasteiger charge is -2.31. The molecule has 0 radical (unpaired) electrons. The zero-order valence-corrected chi connectivity index (χ0v) is 12.0. The fraction of sp³-hybridized carbons (Fsp3) is 0.647. The van der Waals surface area contributed by atoms with E-state index < -0.39 is 0 Å². The number of hydrogen-bond donors (Lipinski definition) is 1. The highest BCUT2D eigenvalue weighted by molar-refractivity contribution is 5.24. The van der Waals surface area contributed by atoms with Crippen LogP contribution in [0.1, 0.15) is 42.9 Å². The summed E-state index contributed by atoms with van der Waals surface area (Å²) in [7, 11) is 0. The van der Waals surface area contributed by atoms with E-state index in [9.17, 15) is 0 Å². The van der Waals surface area contributed by atoms with Crippen LogP contribution in [0.2, 0.25) is 0 Å². The van der Waals surface area contributed by atoms with Crippen LogP contribution in [0.5, 0.6) is 0 Å². The third-order valence-electron chi connectivity index (χ3n) is 4.51. The predicted octanol–water partition coefficient (Wildman–Crippen LogP) is 3.12. The van der Waals surface area contributed by atoms with E-state index in [1.807, 2.05) is 0 Å². The number of rotatable bonds is 7. The van der Waals surface area contributed by atoms with Gasteiger partial charge in [-0.3, -0.25) is 4.90 Å². The summed E-state index contributed by atoms with van der Waals surface area (Å²) in [4.78, 5) is 2.67. The van der Waals surface area contributed by atoms with Gasteiger partial charge >= 0.3 is 0 Å². The van der Waals surface area contributed by atoms with Crippen LogP contribution in [0.4, 0.5) is 0 Å². The Morgan fingerprint density at radius 3 is 2.00 bits per heavy atom. The minimum Gasteiger partial charge on any atom is -0.329 e. The van der Waals surface area contributed by atoms with Crippen molar-refractivity contribution in [3.05, 3.63) is 35.4 Å². The van der Waals surface area contributed by atoms with E-state index in [4.69, 9.17) is 5.73 Å². The van der Waals surface area contributed by atoms with Crippen LogP contribution in [0.25, 0.3) is 0 Å². The first-order valence-electron chi connectivity index (χ1n) is 7.77. The van der Waals surface area contributed by atoms with Gasteiger partial charge in [-0.15, -0.1) is 0 Å². The molecule has 2 saturated carbocycles. The van der Waals surface area contributed by atoms with Gasteiger partial charge in [-0.1, -0.05) is 29.8 Å². The van der Waals surface area contributed by atoms with Crippen molar-refractivity contribution in [3.8, 4) is 0 Å². The van der Waals surface area contributed by atoms with Gasteiger partial charge in [0.05, 0.1) is 0 Å². The molecule has 1 atom stereocenters. The van der Waals surface area contributed by atoms with Crippen LogP contribution >= 0.6 is 0 Å². The maximum Gasteiger partial charge on any atom is 0.0470 e. The summed E-state index contributed by atoms with van der Waals surface area (Å²) in [5.74, 6) is 1.89. The molecular weight excluding hydrogens is 232 g/mol. The average molecular weight is 258 g/mol. The number of benzene rings is 1. The molecule has 1 unspecified atom stereocenters. The largest absolute Gasteiger partial charge is 0.329 e. The first kappa shape index (κ1) is 13.1. The first-order valence-corrected chi connectivity index (χ1v) is 7.77. The summed E-state index contributed by atoms with van der Waals surface area (Å²) in [6, 6.07) is 9.37. The van der Waals surface area contributed by atoms with E-state index in [0.717, 1.165) is 18.4 Å². The van der Waals surface area contributed by atoms with E-state index in [1.165, 1.54) is 49.9 Å². The lowest BCUT2D eigenvalue weighted by atomic mass is 10.0. The van der Waals surface area contributed by atoms with Gasteiger partial charge in [0, 0.05) is 25.7 Å². The van der Waals surface area contributed by atoms with Gasteiger partial charge in [0.1, 0.15) is 0 Å². The molecule has 19 heavy (non-hydrogen) atoms. The fourth-order valence-corrected chi connectivity index (χ4v) is 2.88. The van der Waals surface area contributed by atoms with Crippen LogP contribution in [-0.2, 0) is 0 Å². The van der Waals surface area contributed by atoms with Crippen molar-refractivity contribution in [1.82, 2.24) is 4.90 Å². The first-order chi connectivity index (χ1) is 9.26. The third kappa shape index (κ3) is 3.58. The zero-order valence-electron chi connectivity index (χ0n) is 12.0. The molecule has 2 N–H and O–H groups in total. The second kappa shape index (κ2) is 5.64. The Labute approximate surface area is 117 Å². The second-order valence-electron chi connectivity index (χ2n) is 6.50. The highest BCUT2D eigenvalue weighted by Crippen LogP contribution is 2.36. The molecule has 1 aromatic rings. The Kier molecular flexibility index (Phi) is 3.90. The maximum absolute atomic E-state index is 6.09. The van der Waals surface area contributed by atoms with Gasteiger partial charge < -0.3 is 5.73 Å². The van der Waals surface area contributed by atoms with Crippen LogP contribution < -0.4 is 5.73 Å². The molecule has 0 aromatic heterocycles. The molecule has 2 heteroatoms. The second-order valence-corrected chi connectivity index (χ2v) is 6.50. The van der Waals surface area contributed by atoms with Crippen LogP contribution in [0.3, 0.4) is 0 Å². The molecule has 2 fully saturated rings. The van der Waals surface area contributed by atoms with Gasteiger partial charge in [-0.25, -0.2) is 0 Å². The van der Waals surface area contributed by atoms with Gasteiger partial charge in [-0.2, -0.15) is 0 Å². The molecule has 2 aliphatic rings. The van der Waals surface area contributed by atoms with Crippen LogP contribution in [0, 0.1) is 18.8 Å². The lowest BCUT2D eigenvalue weighted by molar-refractivity contribution is 0.185. The zero-order chi connectivity index (χ0) is 13.2. The molecular formula is C17H26N2. The van der Waals surface area contributed by atoms with E-state index in [0.29, 0.717) is 6.04 Å². The SMILES string of the molecule is Cc1ccc(C(CN)N(CC2CC2)CC2CC2)cc1. The Morgan fingerprint density at radius 1 is 1.05 bits per heavy atom. The summed E-state index contributed by atoms with van der Waals surface area (Å²) in [6.45, 7) is 5.40. The van der Waals surface area contributed by atoms with Crippen molar-refractivity contribution < 1.29 is 0 Å². The number of hydrogen-bond acceptors (Lipinski definition) is 2. The maximum atomic E-state index is 6.09. The molecule has 0 saturated heterocycles. The summed E-state index contributed by atoms with van der Waals surface area (Å²) < 4.78 is 0. The van der Waals surface area contributed by atoms with Crippen LogP contribution in [-0.4, -0.2) is 24.5 Å². The van der Waals surface area contributed by atoms with Gasteiger partial charge in [0.15, 0.2) is 0 Å². The Bertz CT molecular complexity index is 390. The molecule has 0 heterocycles. The topological polar surface area (TPSA) is 29.3 Å². The molecule has 104 valence electrons. The number of nitrogens with zero attached hydrogens (tertiary/aromatic N) is 1. The van der Waals surface area contributed by atoms with Crippen molar-refractivity contribution in [1.29, 1.82) is 0 Å². The van der Waals surface area contributed by atoms with Crippen molar-refractivity contribution in [2.75, 3.05) is 19.6 Å². The lowest BCUT2D eigenvalue weighted by Crippen LogP contribution is -2.36. The highest BCUT2D eigenvalue weighted by atomic mass is 15.2. The van der Waals surface area contributed by atoms with Crippen molar-refractivity contribution >= 4 is 0 Å². The van der Waals surface area contributed by atoms with Gasteiger partial charge in [-0.05, 0) is 50.0 Å². The summed E-state index contributed by atoms with van der Waals surface area (Å²) in [6.07, 6.45) is 5.69.